The molecule has 1 aliphatic heterocycles. The Balaban J connectivity index is 2.48. The lowest BCUT2D eigenvalue weighted by molar-refractivity contribution is 0.618. The summed E-state index contributed by atoms with van der Waals surface area (Å²) in [5.41, 5.74) is 7.93. The van der Waals surface area contributed by atoms with E-state index < -0.39 is 0 Å². The van der Waals surface area contributed by atoms with Gasteiger partial charge in [-0.15, -0.1) is 0 Å². The van der Waals surface area contributed by atoms with Gasteiger partial charge in [0.25, 0.3) is 0 Å². The summed E-state index contributed by atoms with van der Waals surface area (Å²) in [7, 11) is 0. The molecule has 0 aromatic heterocycles. The summed E-state index contributed by atoms with van der Waals surface area (Å²) >= 11 is 7.73. The van der Waals surface area contributed by atoms with Gasteiger partial charge in [-0.25, -0.2) is 4.39 Å². The lowest BCUT2D eigenvalue weighted by Gasteiger charge is -2.14. The summed E-state index contributed by atoms with van der Waals surface area (Å²) in [6.45, 7) is 2.14. The van der Waals surface area contributed by atoms with Crippen LogP contribution in [-0.4, -0.2) is 5.25 Å². The molecule has 1 aromatic carbocycles. The van der Waals surface area contributed by atoms with Crippen molar-refractivity contribution in [2.45, 2.75) is 30.4 Å². The fourth-order valence-electron chi connectivity index (χ4n) is 1.88. The third-order valence-electron chi connectivity index (χ3n) is 2.73. The van der Waals surface area contributed by atoms with Crippen LogP contribution < -0.4 is 5.73 Å². The minimum absolute atomic E-state index is 0.0249. The van der Waals surface area contributed by atoms with Crippen LogP contribution in [0.1, 0.15) is 30.5 Å². The van der Waals surface area contributed by atoms with E-state index in [-0.39, 0.29) is 16.9 Å². The Morgan fingerprint density at radius 2 is 2.27 bits per heavy atom. The molecule has 1 aromatic rings. The smallest absolute Gasteiger partial charge is 0.142 e. The van der Waals surface area contributed by atoms with Gasteiger partial charge in [-0.2, -0.15) is 11.8 Å². The van der Waals surface area contributed by atoms with Crippen LogP contribution in [0.15, 0.2) is 12.1 Å². The van der Waals surface area contributed by atoms with E-state index in [1.807, 2.05) is 0 Å². The average molecular weight is 246 g/mol. The zero-order valence-electron chi connectivity index (χ0n) is 8.47. The first-order valence-corrected chi connectivity index (χ1v) is 6.36. The van der Waals surface area contributed by atoms with Gasteiger partial charge in [0.1, 0.15) is 5.82 Å². The van der Waals surface area contributed by atoms with Gasteiger partial charge in [0, 0.05) is 17.0 Å². The van der Waals surface area contributed by atoms with Crippen molar-refractivity contribution in [1.82, 2.24) is 0 Å². The molecule has 2 rings (SSSR count). The molecule has 0 fully saturated rings. The first-order valence-electron chi connectivity index (χ1n) is 4.93. The number of nitrogens with two attached hydrogens (primary N) is 1. The van der Waals surface area contributed by atoms with E-state index >= 15 is 0 Å². The van der Waals surface area contributed by atoms with Crippen LogP contribution in [0.25, 0.3) is 0 Å². The van der Waals surface area contributed by atoms with Crippen LogP contribution in [-0.2, 0) is 5.75 Å². The molecule has 1 aliphatic rings. The zero-order valence-corrected chi connectivity index (χ0v) is 10.0. The van der Waals surface area contributed by atoms with Gasteiger partial charge in [-0.1, -0.05) is 24.6 Å². The molecule has 2 atom stereocenters. The summed E-state index contributed by atoms with van der Waals surface area (Å²) in [4.78, 5) is 0. The number of hydrogen-bond donors (Lipinski definition) is 1. The van der Waals surface area contributed by atoms with E-state index in [1.54, 1.807) is 17.8 Å². The first kappa shape index (κ1) is 11.2. The van der Waals surface area contributed by atoms with E-state index in [0.717, 1.165) is 23.3 Å². The molecule has 0 saturated heterocycles. The number of rotatable bonds is 0. The van der Waals surface area contributed by atoms with E-state index in [0.29, 0.717) is 5.25 Å². The molecule has 4 heteroatoms. The predicted octanol–water partition coefficient (Wildman–Crippen LogP) is 3.50. The highest BCUT2D eigenvalue weighted by Crippen LogP contribution is 2.37. The summed E-state index contributed by atoms with van der Waals surface area (Å²) in [5.74, 6) is 0.401. The van der Waals surface area contributed by atoms with E-state index in [2.05, 4.69) is 6.92 Å². The van der Waals surface area contributed by atoms with E-state index in [4.69, 9.17) is 17.3 Å². The average Bonchev–Trinajstić information content (AvgIpc) is 2.32. The van der Waals surface area contributed by atoms with Gasteiger partial charge in [0.2, 0.25) is 0 Å². The highest BCUT2D eigenvalue weighted by atomic mass is 35.5. The summed E-state index contributed by atoms with van der Waals surface area (Å²) < 4.78 is 13.3. The van der Waals surface area contributed by atoms with Crippen molar-refractivity contribution < 1.29 is 4.39 Å². The van der Waals surface area contributed by atoms with Crippen molar-refractivity contribution >= 4 is 23.4 Å². The molecule has 2 N–H and O–H groups in total. The second kappa shape index (κ2) is 4.32. The fourth-order valence-corrected chi connectivity index (χ4v) is 3.30. The van der Waals surface area contributed by atoms with Crippen LogP contribution >= 0.6 is 23.4 Å². The minimum Gasteiger partial charge on any atom is -0.324 e. The number of benzene rings is 1. The molecule has 0 saturated carbocycles. The van der Waals surface area contributed by atoms with Crippen molar-refractivity contribution in [1.29, 1.82) is 0 Å². The fraction of sp³-hybridized carbons (Fsp3) is 0.455. The Bertz CT molecular complexity index is 383. The highest BCUT2D eigenvalue weighted by Gasteiger charge is 2.22. The van der Waals surface area contributed by atoms with Crippen molar-refractivity contribution in [2.24, 2.45) is 5.73 Å². The monoisotopic (exact) mass is 245 g/mol. The lowest BCUT2D eigenvalue weighted by atomic mass is 9.98. The minimum atomic E-state index is -0.349. The largest absolute Gasteiger partial charge is 0.324 e. The molecular formula is C11H13ClFNS. The van der Waals surface area contributed by atoms with Crippen molar-refractivity contribution in [3.63, 3.8) is 0 Å². The maximum atomic E-state index is 13.3. The quantitative estimate of drug-likeness (QED) is 0.757. The van der Waals surface area contributed by atoms with Crippen LogP contribution in [0.4, 0.5) is 4.39 Å². The van der Waals surface area contributed by atoms with Crippen molar-refractivity contribution in [3.05, 3.63) is 34.1 Å². The molecule has 1 heterocycles. The lowest BCUT2D eigenvalue weighted by Crippen LogP contribution is -2.14. The number of hydrogen-bond acceptors (Lipinski definition) is 2. The van der Waals surface area contributed by atoms with Gasteiger partial charge in [0.15, 0.2) is 0 Å². The molecule has 0 amide bonds. The Morgan fingerprint density at radius 3 is 3.00 bits per heavy atom. The molecule has 1 unspecified atom stereocenters. The molecule has 1 nitrogen and oxygen atoms in total. The molecule has 0 radical (unpaired) electrons. The molecule has 0 aliphatic carbocycles. The Kier molecular flexibility index (Phi) is 3.24. The van der Waals surface area contributed by atoms with Gasteiger partial charge < -0.3 is 5.73 Å². The number of halogens is 2. The third kappa shape index (κ3) is 2.14. The first-order chi connectivity index (χ1) is 7.09. The second-order valence-electron chi connectivity index (χ2n) is 3.89. The molecule has 0 spiro atoms. The van der Waals surface area contributed by atoms with Crippen molar-refractivity contribution in [3.8, 4) is 0 Å². The second-order valence-corrected chi connectivity index (χ2v) is 5.70. The van der Waals surface area contributed by atoms with Gasteiger partial charge in [-0.3, -0.25) is 0 Å². The maximum Gasteiger partial charge on any atom is 0.142 e. The highest BCUT2D eigenvalue weighted by molar-refractivity contribution is 7.99. The number of thioether (sulfide) groups is 1. The number of fused-ring (bicyclic) bond motifs is 1. The summed E-state index contributed by atoms with van der Waals surface area (Å²) in [5, 5.41) is 0.732. The molecule has 0 bridgehead atoms. The van der Waals surface area contributed by atoms with Crippen LogP contribution in [0.5, 0.6) is 0 Å². The molecule has 82 valence electrons. The van der Waals surface area contributed by atoms with Crippen LogP contribution in [0, 0.1) is 5.82 Å². The summed E-state index contributed by atoms with van der Waals surface area (Å²) in [6, 6.07) is 3.14. The Hall–Kier alpha value is -0.250. The van der Waals surface area contributed by atoms with Crippen LogP contribution in [0.2, 0.25) is 5.02 Å². The Labute approximate surface area is 98.2 Å². The third-order valence-corrected chi connectivity index (χ3v) is 4.36. The standard InChI is InChI=1S/C11H13ClFNS/c1-6-4-10(14)7-2-3-9(13)11(12)8(7)5-15-6/h2-3,6,10H,4-5,14H2,1H3/t6?,10-/m0/s1. The van der Waals surface area contributed by atoms with Crippen molar-refractivity contribution in [2.75, 3.05) is 0 Å². The predicted molar refractivity (Wildman–Crippen MR) is 63.7 cm³/mol. The Morgan fingerprint density at radius 1 is 1.53 bits per heavy atom. The maximum absolute atomic E-state index is 13.3. The van der Waals surface area contributed by atoms with Gasteiger partial charge in [0.05, 0.1) is 5.02 Å². The van der Waals surface area contributed by atoms with E-state index in [9.17, 15) is 4.39 Å². The molecule has 15 heavy (non-hydrogen) atoms. The molecular weight excluding hydrogens is 233 g/mol. The zero-order chi connectivity index (χ0) is 11.0. The van der Waals surface area contributed by atoms with Gasteiger partial charge >= 0.3 is 0 Å². The topological polar surface area (TPSA) is 26.0 Å². The SMILES string of the molecule is CC1C[C@H](N)c2ccc(F)c(Cl)c2CS1. The van der Waals surface area contributed by atoms with E-state index in [1.165, 1.54) is 6.07 Å². The van der Waals surface area contributed by atoms with Crippen LogP contribution in [0.3, 0.4) is 0 Å². The normalized spacial score (nSPS) is 25.9. The van der Waals surface area contributed by atoms with Gasteiger partial charge in [-0.05, 0) is 23.6 Å². The summed E-state index contributed by atoms with van der Waals surface area (Å²) in [6.07, 6.45) is 0.916.